The summed E-state index contributed by atoms with van der Waals surface area (Å²) in [5.74, 6) is 1.28. The van der Waals surface area contributed by atoms with Crippen molar-refractivity contribution in [2.24, 2.45) is 35.0 Å². The molecule has 4 nitrogen and oxygen atoms in total. The second-order valence-electron chi connectivity index (χ2n) is 8.40. The molecule has 116 valence electrons. The Morgan fingerprint density at radius 3 is 1.95 bits per heavy atom. The van der Waals surface area contributed by atoms with Crippen LogP contribution in [0.2, 0.25) is 0 Å². The van der Waals surface area contributed by atoms with E-state index < -0.39 is 11.9 Å². The van der Waals surface area contributed by atoms with Gasteiger partial charge in [-0.2, -0.15) is 0 Å². The topological polar surface area (TPSA) is 57.6 Å². The number of rotatable bonds is 4. The van der Waals surface area contributed by atoms with Gasteiger partial charge in [-0.15, -0.1) is 0 Å². The maximum Gasteiger partial charge on any atom is 0.307 e. The maximum absolute atomic E-state index is 12.4. The zero-order valence-corrected chi connectivity index (χ0v) is 12.8. The van der Waals surface area contributed by atoms with Crippen LogP contribution in [0.3, 0.4) is 0 Å². The van der Waals surface area contributed by atoms with E-state index in [1.165, 1.54) is 38.5 Å². The van der Waals surface area contributed by atoms with Gasteiger partial charge in [0.2, 0.25) is 5.91 Å². The van der Waals surface area contributed by atoms with Crippen LogP contribution in [0.25, 0.3) is 0 Å². The lowest BCUT2D eigenvalue weighted by Crippen LogP contribution is -2.51. The number of hydrogen-bond donors (Lipinski definition) is 1. The van der Waals surface area contributed by atoms with Gasteiger partial charge < -0.3 is 10.0 Å². The van der Waals surface area contributed by atoms with E-state index in [1.54, 1.807) is 0 Å². The molecule has 5 saturated carbocycles. The van der Waals surface area contributed by atoms with Crippen LogP contribution in [0.5, 0.6) is 0 Å². The molecule has 2 unspecified atom stereocenters. The first kappa shape index (κ1) is 13.6. The predicted octanol–water partition coefficient (Wildman–Crippen LogP) is 2.38. The molecule has 4 heteroatoms. The molecule has 5 aliphatic carbocycles. The summed E-state index contributed by atoms with van der Waals surface area (Å²) >= 11 is 0. The molecule has 5 aliphatic rings. The summed E-state index contributed by atoms with van der Waals surface area (Å²) in [5.41, 5.74) is 0.354. The summed E-state index contributed by atoms with van der Waals surface area (Å²) in [6.07, 6.45) is 8.68. The molecule has 0 radical (unpaired) electrons. The number of carbonyl (C=O) groups excluding carboxylic acids is 1. The summed E-state index contributed by atoms with van der Waals surface area (Å²) in [6, 6.07) is 0. The van der Waals surface area contributed by atoms with Crippen LogP contribution >= 0.6 is 0 Å². The molecule has 0 aromatic rings. The van der Waals surface area contributed by atoms with E-state index in [-0.39, 0.29) is 11.8 Å². The molecule has 0 aromatic heterocycles. The van der Waals surface area contributed by atoms with Crippen molar-refractivity contribution in [3.05, 3.63) is 0 Å². The van der Waals surface area contributed by atoms with Crippen molar-refractivity contribution >= 4 is 11.9 Å². The van der Waals surface area contributed by atoms with Crippen molar-refractivity contribution in [2.45, 2.75) is 44.9 Å². The average molecular weight is 291 g/mol. The quantitative estimate of drug-likeness (QED) is 0.865. The van der Waals surface area contributed by atoms with Gasteiger partial charge in [0.05, 0.1) is 11.8 Å². The third-order valence-corrected chi connectivity index (χ3v) is 6.54. The Balaban J connectivity index is 1.42. The monoisotopic (exact) mass is 291 g/mol. The summed E-state index contributed by atoms with van der Waals surface area (Å²) in [5, 5.41) is 8.99. The highest BCUT2D eigenvalue weighted by Gasteiger charge is 2.53. The number of carboxylic acids is 1. The maximum atomic E-state index is 12.4. The van der Waals surface area contributed by atoms with Gasteiger partial charge in [0.1, 0.15) is 0 Å². The zero-order valence-electron chi connectivity index (χ0n) is 12.8. The zero-order chi connectivity index (χ0) is 14.8. The fraction of sp³-hybridized carbons (Fsp3) is 0.882. The number of amides is 1. The van der Waals surface area contributed by atoms with Crippen molar-refractivity contribution in [1.29, 1.82) is 0 Å². The summed E-state index contributed by atoms with van der Waals surface area (Å²) < 4.78 is 0. The molecular formula is C17H25NO3. The van der Waals surface area contributed by atoms with E-state index in [1.807, 2.05) is 11.9 Å². The van der Waals surface area contributed by atoms with Gasteiger partial charge in [-0.05, 0) is 68.1 Å². The second-order valence-corrected chi connectivity index (χ2v) is 8.40. The van der Waals surface area contributed by atoms with Gasteiger partial charge in [0, 0.05) is 13.6 Å². The first-order chi connectivity index (χ1) is 9.96. The fourth-order valence-electron chi connectivity index (χ4n) is 6.09. The Morgan fingerprint density at radius 2 is 1.52 bits per heavy atom. The summed E-state index contributed by atoms with van der Waals surface area (Å²) in [4.78, 5) is 25.2. The van der Waals surface area contributed by atoms with Crippen LogP contribution in [-0.2, 0) is 9.59 Å². The number of nitrogens with zero attached hydrogens (tertiary/aromatic N) is 1. The van der Waals surface area contributed by atoms with Gasteiger partial charge in [-0.25, -0.2) is 0 Å². The highest BCUT2D eigenvalue weighted by molar-refractivity contribution is 5.89. The van der Waals surface area contributed by atoms with E-state index in [2.05, 4.69) is 0 Å². The van der Waals surface area contributed by atoms with Crippen LogP contribution in [-0.4, -0.2) is 35.5 Å². The van der Waals surface area contributed by atoms with Crippen LogP contribution in [0.4, 0.5) is 0 Å². The van der Waals surface area contributed by atoms with Crippen LogP contribution in [0.15, 0.2) is 0 Å². The Labute approximate surface area is 125 Å². The normalized spacial score (nSPS) is 46.4. The van der Waals surface area contributed by atoms with E-state index in [9.17, 15) is 9.59 Å². The van der Waals surface area contributed by atoms with Crippen molar-refractivity contribution in [3.63, 3.8) is 0 Å². The van der Waals surface area contributed by atoms with Crippen molar-refractivity contribution in [3.8, 4) is 0 Å². The van der Waals surface area contributed by atoms with Crippen LogP contribution < -0.4 is 0 Å². The van der Waals surface area contributed by atoms with Crippen LogP contribution in [0, 0.1) is 35.0 Å². The van der Waals surface area contributed by atoms with Crippen molar-refractivity contribution in [2.75, 3.05) is 13.6 Å². The predicted molar refractivity (Wildman–Crippen MR) is 77.5 cm³/mol. The molecule has 0 heterocycles. The van der Waals surface area contributed by atoms with Gasteiger partial charge in [-0.1, -0.05) is 0 Å². The molecule has 4 bridgehead atoms. The minimum Gasteiger partial charge on any atom is -0.481 e. The average Bonchev–Trinajstić information content (AvgIpc) is 3.15. The number of aliphatic carboxylic acids is 1. The smallest absolute Gasteiger partial charge is 0.307 e. The Morgan fingerprint density at radius 1 is 1.00 bits per heavy atom. The number of carbonyl (C=O) groups is 2. The first-order valence-electron chi connectivity index (χ1n) is 8.43. The Bertz CT molecular complexity index is 451. The van der Waals surface area contributed by atoms with Gasteiger partial charge >= 0.3 is 5.97 Å². The summed E-state index contributed by atoms with van der Waals surface area (Å²) in [6.45, 7) is 0.859. The second kappa shape index (κ2) is 4.47. The van der Waals surface area contributed by atoms with Crippen molar-refractivity contribution < 1.29 is 14.7 Å². The molecule has 0 aromatic carbocycles. The third-order valence-electron chi connectivity index (χ3n) is 6.54. The molecule has 0 saturated heterocycles. The molecule has 21 heavy (non-hydrogen) atoms. The highest BCUT2D eigenvalue weighted by Crippen LogP contribution is 2.60. The van der Waals surface area contributed by atoms with Gasteiger partial charge in [0.15, 0.2) is 0 Å². The van der Waals surface area contributed by atoms with Crippen LogP contribution in [0.1, 0.15) is 44.9 Å². The fourth-order valence-corrected chi connectivity index (χ4v) is 6.09. The molecular weight excluding hydrogens is 266 g/mol. The van der Waals surface area contributed by atoms with Gasteiger partial charge in [-0.3, -0.25) is 9.59 Å². The summed E-state index contributed by atoms with van der Waals surface area (Å²) in [7, 11) is 1.89. The highest BCUT2D eigenvalue weighted by atomic mass is 16.4. The molecule has 1 N–H and O–H groups in total. The molecule has 0 spiro atoms. The van der Waals surface area contributed by atoms with E-state index >= 15 is 0 Å². The van der Waals surface area contributed by atoms with Gasteiger partial charge in [0.25, 0.3) is 0 Å². The van der Waals surface area contributed by atoms with Crippen molar-refractivity contribution in [1.82, 2.24) is 4.90 Å². The molecule has 5 fully saturated rings. The lowest BCUT2D eigenvalue weighted by atomic mass is 9.49. The third kappa shape index (κ3) is 2.27. The van der Waals surface area contributed by atoms with E-state index in [4.69, 9.17) is 5.11 Å². The largest absolute Gasteiger partial charge is 0.481 e. The van der Waals surface area contributed by atoms with E-state index in [0.29, 0.717) is 11.8 Å². The lowest BCUT2D eigenvalue weighted by Gasteiger charge is -2.57. The SMILES string of the molecule is CN(CC12CC3CC(CC(C3)C1)C2)C(=O)C1CC1C(=O)O. The standard InChI is InChI=1S/C17H25NO3/c1-18(15(19)13-5-14(13)16(20)21)9-17-6-10-2-11(7-17)4-12(3-10)8-17/h10-14H,2-9H2,1H3,(H,20,21). The number of hydrogen-bond acceptors (Lipinski definition) is 2. The molecule has 5 rings (SSSR count). The lowest BCUT2D eigenvalue weighted by molar-refractivity contribution is -0.143. The minimum atomic E-state index is -0.809. The molecule has 2 atom stereocenters. The van der Waals surface area contributed by atoms with E-state index in [0.717, 1.165) is 24.3 Å². The Hall–Kier alpha value is -1.06. The first-order valence-corrected chi connectivity index (χ1v) is 8.43. The minimum absolute atomic E-state index is 0.0677. The Kier molecular flexibility index (Phi) is 2.89. The molecule has 0 aliphatic heterocycles. The number of carboxylic acid groups (broad SMARTS) is 1. The molecule has 1 amide bonds.